The Morgan fingerprint density at radius 3 is 2.22 bits per heavy atom. The minimum atomic E-state index is -3.50. The van der Waals surface area contributed by atoms with Gasteiger partial charge in [-0.25, -0.2) is 8.42 Å². The van der Waals surface area contributed by atoms with E-state index in [0.29, 0.717) is 5.92 Å². The van der Waals surface area contributed by atoms with Crippen molar-refractivity contribution in [1.29, 1.82) is 0 Å². The number of sulfone groups is 1. The fraction of sp³-hybridized carbons (Fsp3) is 0.611. The van der Waals surface area contributed by atoms with Crippen molar-refractivity contribution in [3.8, 4) is 0 Å². The van der Waals surface area contributed by atoms with E-state index in [1.165, 1.54) is 12.5 Å². The molecule has 1 N–H and O–H groups in total. The average molecular weight is 337 g/mol. The summed E-state index contributed by atoms with van der Waals surface area (Å²) in [6.45, 7) is 5.68. The van der Waals surface area contributed by atoms with E-state index in [0.717, 1.165) is 31.2 Å². The number of carbonyl (C=O) groups is 1. The Balaban J connectivity index is 2.00. The summed E-state index contributed by atoms with van der Waals surface area (Å²) >= 11 is 0. The van der Waals surface area contributed by atoms with E-state index in [9.17, 15) is 13.2 Å². The van der Waals surface area contributed by atoms with Gasteiger partial charge in [-0.05, 0) is 36.8 Å². The molecule has 1 saturated carbocycles. The van der Waals surface area contributed by atoms with E-state index in [1.807, 2.05) is 24.3 Å². The van der Waals surface area contributed by atoms with Crippen LogP contribution in [-0.2, 0) is 20.4 Å². The predicted molar refractivity (Wildman–Crippen MR) is 93.0 cm³/mol. The molecular formula is C18H27NO3S. The lowest BCUT2D eigenvalue weighted by molar-refractivity contribution is -0.121. The summed E-state index contributed by atoms with van der Waals surface area (Å²) in [7, 11) is -3.50. The molecule has 1 unspecified atom stereocenters. The molecule has 5 heteroatoms. The first-order valence-electron chi connectivity index (χ1n) is 8.40. The van der Waals surface area contributed by atoms with Gasteiger partial charge in [-0.1, -0.05) is 51.0 Å². The molecule has 1 aliphatic rings. The van der Waals surface area contributed by atoms with Crippen LogP contribution in [0.1, 0.15) is 63.5 Å². The lowest BCUT2D eigenvalue weighted by atomic mass is 10.0. The Morgan fingerprint density at radius 1 is 1.13 bits per heavy atom. The summed E-state index contributed by atoms with van der Waals surface area (Å²) in [6, 6.07) is 7.74. The molecule has 4 nitrogen and oxygen atoms in total. The first-order valence-corrected chi connectivity index (χ1v) is 10.1. The molecular weight excluding hydrogens is 310 g/mol. The van der Waals surface area contributed by atoms with Crippen LogP contribution in [0.3, 0.4) is 0 Å². The van der Waals surface area contributed by atoms with E-state index in [2.05, 4.69) is 19.2 Å². The van der Waals surface area contributed by atoms with Gasteiger partial charge < -0.3 is 5.32 Å². The van der Waals surface area contributed by atoms with Gasteiger partial charge in [-0.2, -0.15) is 0 Å². The van der Waals surface area contributed by atoms with Crippen LogP contribution in [-0.4, -0.2) is 25.6 Å². The van der Waals surface area contributed by atoms with Gasteiger partial charge in [0.2, 0.25) is 5.91 Å². The molecule has 0 saturated heterocycles. The van der Waals surface area contributed by atoms with Gasteiger partial charge in [-0.3, -0.25) is 4.79 Å². The molecule has 0 aliphatic heterocycles. The highest BCUT2D eigenvalue weighted by atomic mass is 32.2. The van der Waals surface area contributed by atoms with Crippen LogP contribution in [0.5, 0.6) is 0 Å². The zero-order valence-corrected chi connectivity index (χ0v) is 15.0. The average Bonchev–Trinajstić information content (AvgIpc) is 2.99. The normalized spacial score (nSPS) is 17.4. The van der Waals surface area contributed by atoms with E-state index >= 15 is 0 Å². The monoisotopic (exact) mass is 337 g/mol. The van der Waals surface area contributed by atoms with E-state index in [1.54, 1.807) is 0 Å². The lowest BCUT2D eigenvalue weighted by Crippen LogP contribution is -2.42. The third kappa shape index (κ3) is 4.80. The molecule has 1 atom stereocenters. The van der Waals surface area contributed by atoms with Gasteiger partial charge in [0.05, 0.1) is 5.75 Å². The standard InChI is InChI=1S/C18H27NO3S/c1-13(2)16-10-8-15(9-11-16)12-23(21,22)14(3)18(20)19-17-6-4-5-7-17/h8-11,13-14,17H,4-7,12H2,1-3H3,(H,19,20). The third-order valence-corrected chi connectivity index (χ3v) is 6.65. The number of amides is 1. The van der Waals surface area contributed by atoms with Crippen LogP contribution in [0, 0.1) is 0 Å². The number of hydrogen-bond acceptors (Lipinski definition) is 3. The fourth-order valence-electron chi connectivity index (χ4n) is 2.91. The highest BCUT2D eigenvalue weighted by molar-refractivity contribution is 7.92. The summed E-state index contributed by atoms with van der Waals surface area (Å²) < 4.78 is 24.9. The molecule has 2 rings (SSSR count). The van der Waals surface area contributed by atoms with E-state index in [-0.39, 0.29) is 17.7 Å². The maximum atomic E-state index is 12.5. The SMILES string of the molecule is CC(C)c1ccc(CS(=O)(=O)C(C)C(=O)NC2CCCC2)cc1. The summed E-state index contributed by atoms with van der Waals surface area (Å²) in [4.78, 5) is 12.2. The molecule has 1 amide bonds. The molecule has 1 aromatic rings. The van der Waals surface area contributed by atoms with Crippen molar-refractivity contribution >= 4 is 15.7 Å². The van der Waals surface area contributed by atoms with Crippen LogP contribution in [0.4, 0.5) is 0 Å². The van der Waals surface area contributed by atoms with E-state index < -0.39 is 15.1 Å². The van der Waals surface area contributed by atoms with Crippen LogP contribution >= 0.6 is 0 Å². The number of carbonyl (C=O) groups excluding carboxylic acids is 1. The van der Waals surface area contributed by atoms with Gasteiger partial charge in [0.25, 0.3) is 0 Å². The fourth-order valence-corrected chi connectivity index (χ4v) is 4.21. The second-order valence-corrected chi connectivity index (χ2v) is 9.16. The second-order valence-electron chi connectivity index (χ2n) is 6.84. The summed E-state index contributed by atoms with van der Waals surface area (Å²) in [5.74, 6) is -0.0440. The number of benzene rings is 1. The van der Waals surface area contributed by atoms with Gasteiger partial charge >= 0.3 is 0 Å². The molecule has 0 aromatic heterocycles. The Bertz CT molecular complexity index is 629. The summed E-state index contributed by atoms with van der Waals surface area (Å²) in [5.41, 5.74) is 1.91. The molecule has 1 aromatic carbocycles. The second kappa shape index (κ2) is 7.47. The molecule has 0 radical (unpaired) electrons. The number of nitrogens with one attached hydrogen (secondary N) is 1. The van der Waals surface area contributed by atoms with Crippen molar-refractivity contribution in [3.05, 3.63) is 35.4 Å². The Labute approximate surface area is 139 Å². The maximum Gasteiger partial charge on any atom is 0.238 e. The van der Waals surface area contributed by atoms with Crippen LogP contribution in [0.25, 0.3) is 0 Å². The highest BCUT2D eigenvalue weighted by Gasteiger charge is 2.30. The maximum absolute atomic E-state index is 12.5. The number of rotatable bonds is 6. The van der Waals surface area contributed by atoms with Crippen molar-refractivity contribution in [3.63, 3.8) is 0 Å². The molecule has 1 aliphatic carbocycles. The zero-order valence-electron chi connectivity index (χ0n) is 14.2. The van der Waals surface area contributed by atoms with Gasteiger partial charge in [0, 0.05) is 6.04 Å². The van der Waals surface area contributed by atoms with Crippen LogP contribution < -0.4 is 5.32 Å². The van der Waals surface area contributed by atoms with E-state index in [4.69, 9.17) is 0 Å². The summed E-state index contributed by atoms with van der Waals surface area (Å²) in [6.07, 6.45) is 4.12. The van der Waals surface area contributed by atoms with Crippen molar-refractivity contribution in [2.24, 2.45) is 0 Å². The summed E-state index contributed by atoms with van der Waals surface area (Å²) in [5, 5.41) is 1.87. The molecule has 23 heavy (non-hydrogen) atoms. The molecule has 0 spiro atoms. The zero-order chi connectivity index (χ0) is 17.0. The van der Waals surface area contributed by atoms with Crippen molar-refractivity contribution in [2.75, 3.05) is 0 Å². The molecule has 128 valence electrons. The van der Waals surface area contributed by atoms with Crippen molar-refractivity contribution < 1.29 is 13.2 Å². The van der Waals surface area contributed by atoms with Crippen LogP contribution in [0.15, 0.2) is 24.3 Å². The Hall–Kier alpha value is -1.36. The molecule has 0 bridgehead atoms. The Morgan fingerprint density at radius 2 is 1.70 bits per heavy atom. The van der Waals surface area contributed by atoms with Crippen molar-refractivity contribution in [2.45, 2.75) is 69.4 Å². The van der Waals surface area contributed by atoms with Gasteiger partial charge in [-0.15, -0.1) is 0 Å². The lowest BCUT2D eigenvalue weighted by Gasteiger charge is -2.17. The highest BCUT2D eigenvalue weighted by Crippen LogP contribution is 2.20. The minimum absolute atomic E-state index is 0.0926. The van der Waals surface area contributed by atoms with Gasteiger partial charge in [0.15, 0.2) is 9.84 Å². The Kier molecular flexibility index (Phi) is 5.84. The molecule has 1 fully saturated rings. The third-order valence-electron chi connectivity index (χ3n) is 4.62. The minimum Gasteiger partial charge on any atom is -0.352 e. The number of hydrogen-bond donors (Lipinski definition) is 1. The largest absolute Gasteiger partial charge is 0.352 e. The first kappa shape index (κ1) is 18.0. The van der Waals surface area contributed by atoms with Crippen LogP contribution in [0.2, 0.25) is 0 Å². The molecule has 0 heterocycles. The predicted octanol–water partition coefficient (Wildman–Crippen LogP) is 3.17. The smallest absolute Gasteiger partial charge is 0.238 e. The quantitative estimate of drug-likeness (QED) is 0.867. The topological polar surface area (TPSA) is 63.2 Å². The van der Waals surface area contributed by atoms with Gasteiger partial charge in [0.1, 0.15) is 5.25 Å². The first-order chi connectivity index (χ1) is 10.8. The van der Waals surface area contributed by atoms with Crippen molar-refractivity contribution in [1.82, 2.24) is 5.32 Å².